The second-order valence-electron chi connectivity index (χ2n) is 10.3. The maximum atomic E-state index is 14.2. The van der Waals surface area contributed by atoms with E-state index in [0.717, 1.165) is 29.2 Å². The molecule has 1 N–H and O–H groups in total. The number of ether oxygens (including phenoxy) is 2. The maximum absolute atomic E-state index is 14.2. The highest BCUT2D eigenvalue weighted by Crippen LogP contribution is 2.34. The highest BCUT2D eigenvalue weighted by Gasteiger charge is 2.39. The van der Waals surface area contributed by atoms with Crippen LogP contribution in [0.5, 0.6) is 11.5 Å². The zero-order valence-electron chi connectivity index (χ0n) is 22.9. The molecule has 1 amide bonds. The van der Waals surface area contributed by atoms with Crippen LogP contribution in [0.3, 0.4) is 0 Å². The van der Waals surface area contributed by atoms with Gasteiger partial charge in [0.2, 0.25) is 5.91 Å². The van der Waals surface area contributed by atoms with Crippen LogP contribution in [-0.4, -0.2) is 61.6 Å². The molecule has 5 rings (SSSR count). The average molecular weight is 548 g/mol. The average Bonchev–Trinajstić information content (AvgIpc) is 3.38. The molecule has 0 radical (unpaired) electrons. The topological polar surface area (TPSA) is 54.0 Å². The second kappa shape index (κ2) is 12.6. The molecule has 0 saturated carbocycles. The standard InChI is InChI=1S/C32H35F2N3O3/c1-39-30-15-23-12-14-37(20-25(23)16-31(30)40-2)32(38)29-18-27(35-19-24-10-11-26(33)17-28(24)34)21-36(29)13-6-9-22-7-4-3-5-8-22/h3-11,15-17,27,29,35H,12-14,18-21H2,1-2H3/t27-,29+/m1/s1. The number of halogens is 2. The quantitative estimate of drug-likeness (QED) is 0.417. The fourth-order valence-electron chi connectivity index (χ4n) is 5.60. The molecular weight excluding hydrogens is 512 g/mol. The molecule has 3 aromatic carbocycles. The first-order valence-electron chi connectivity index (χ1n) is 13.6. The van der Waals surface area contributed by atoms with Crippen molar-refractivity contribution in [1.29, 1.82) is 0 Å². The third-order valence-corrected chi connectivity index (χ3v) is 7.76. The monoisotopic (exact) mass is 547 g/mol. The summed E-state index contributed by atoms with van der Waals surface area (Å²) in [5, 5.41) is 3.40. The van der Waals surface area contributed by atoms with E-state index in [-0.39, 0.29) is 24.5 Å². The number of likely N-dealkylation sites (tertiary alicyclic amines) is 1. The van der Waals surface area contributed by atoms with Gasteiger partial charge >= 0.3 is 0 Å². The fraction of sp³-hybridized carbons (Fsp3) is 0.344. The largest absolute Gasteiger partial charge is 0.493 e. The molecule has 2 aliphatic heterocycles. The minimum atomic E-state index is -0.594. The summed E-state index contributed by atoms with van der Waals surface area (Å²) in [6, 6.07) is 17.3. The van der Waals surface area contributed by atoms with E-state index in [1.807, 2.05) is 47.4 Å². The molecular formula is C32H35F2N3O3. The van der Waals surface area contributed by atoms with Gasteiger partial charge in [-0.05, 0) is 47.7 Å². The van der Waals surface area contributed by atoms with Gasteiger partial charge in [-0.1, -0.05) is 48.6 Å². The minimum absolute atomic E-state index is 0.00930. The highest BCUT2D eigenvalue weighted by molar-refractivity contribution is 5.83. The number of hydrogen-bond acceptors (Lipinski definition) is 5. The second-order valence-corrected chi connectivity index (χ2v) is 10.3. The summed E-state index contributed by atoms with van der Waals surface area (Å²) in [5.74, 6) is 0.273. The predicted octanol–water partition coefficient (Wildman–Crippen LogP) is 4.81. The Morgan fingerprint density at radius 1 is 1.02 bits per heavy atom. The number of benzene rings is 3. The Labute approximate surface area is 234 Å². The number of rotatable bonds is 9. The molecule has 0 aromatic heterocycles. The summed E-state index contributed by atoms with van der Waals surface area (Å²) >= 11 is 0. The van der Waals surface area contributed by atoms with Crippen LogP contribution in [0.25, 0.3) is 6.08 Å². The molecule has 2 heterocycles. The van der Waals surface area contributed by atoms with Crippen LogP contribution in [-0.2, 0) is 24.3 Å². The zero-order chi connectivity index (χ0) is 28.1. The van der Waals surface area contributed by atoms with E-state index in [1.165, 1.54) is 12.1 Å². The van der Waals surface area contributed by atoms with Crippen LogP contribution in [0.15, 0.2) is 66.7 Å². The number of nitrogens with one attached hydrogen (secondary N) is 1. The number of amides is 1. The van der Waals surface area contributed by atoms with Gasteiger partial charge in [-0.25, -0.2) is 8.78 Å². The first-order valence-corrected chi connectivity index (χ1v) is 13.6. The van der Waals surface area contributed by atoms with Gasteiger partial charge in [0.05, 0.1) is 20.3 Å². The van der Waals surface area contributed by atoms with E-state index >= 15 is 0 Å². The van der Waals surface area contributed by atoms with Crippen molar-refractivity contribution in [3.63, 3.8) is 0 Å². The summed E-state index contributed by atoms with van der Waals surface area (Å²) in [5.41, 5.74) is 3.73. The number of methoxy groups -OCH3 is 2. The summed E-state index contributed by atoms with van der Waals surface area (Å²) in [6.45, 7) is 2.67. The van der Waals surface area contributed by atoms with Gasteiger partial charge in [-0.15, -0.1) is 0 Å². The molecule has 0 spiro atoms. The molecule has 1 fully saturated rings. The molecule has 0 aliphatic carbocycles. The third kappa shape index (κ3) is 6.35. The Bertz CT molecular complexity index is 1370. The first kappa shape index (κ1) is 27.8. The molecule has 0 bridgehead atoms. The Kier molecular flexibility index (Phi) is 8.77. The normalized spacial score (nSPS) is 19.1. The Balaban J connectivity index is 1.30. The van der Waals surface area contributed by atoms with Crippen molar-refractivity contribution < 1.29 is 23.0 Å². The summed E-state index contributed by atoms with van der Waals surface area (Å²) in [6.07, 6.45) is 5.50. The fourth-order valence-corrected chi connectivity index (χ4v) is 5.60. The number of fused-ring (bicyclic) bond motifs is 1. The van der Waals surface area contributed by atoms with Crippen molar-refractivity contribution in [3.8, 4) is 11.5 Å². The molecule has 8 heteroatoms. The molecule has 2 atom stereocenters. The van der Waals surface area contributed by atoms with E-state index in [9.17, 15) is 13.6 Å². The zero-order valence-corrected chi connectivity index (χ0v) is 22.9. The highest BCUT2D eigenvalue weighted by atomic mass is 19.1. The lowest BCUT2D eigenvalue weighted by Gasteiger charge is -2.33. The van der Waals surface area contributed by atoms with E-state index in [2.05, 4.69) is 22.4 Å². The smallest absolute Gasteiger partial charge is 0.240 e. The molecule has 1 saturated heterocycles. The van der Waals surface area contributed by atoms with Crippen molar-refractivity contribution in [2.45, 2.75) is 38.0 Å². The van der Waals surface area contributed by atoms with Gasteiger partial charge in [0.15, 0.2) is 11.5 Å². The Morgan fingerprint density at radius 3 is 2.50 bits per heavy atom. The predicted molar refractivity (Wildman–Crippen MR) is 151 cm³/mol. The first-order chi connectivity index (χ1) is 19.4. The van der Waals surface area contributed by atoms with Crippen LogP contribution >= 0.6 is 0 Å². The van der Waals surface area contributed by atoms with Crippen molar-refractivity contribution in [1.82, 2.24) is 15.1 Å². The maximum Gasteiger partial charge on any atom is 0.240 e. The van der Waals surface area contributed by atoms with E-state index in [0.29, 0.717) is 49.7 Å². The number of nitrogens with zero attached hydrogens (tertiary/aromatic N) is 2. The Morgan fingerprint density at radius 2 is 1.77 bits per heavy atom. The van der Waals surface area contributed by atoms with Gasteiger partial charge in [-0.2, -0.15) is 0 Å². The number of hydrogen-bond donors (Lipinski definition) is 1. The lowest BCUT2D eigenvalue weighted by Crippen LogP contribution is -2.47. The minimum Gasteiger partial charge on any atom is -0.493 e. The van der Waals surface area contributed by atoms with Crippen LogP contribution in [0.2, 0.25) is 0 Å². The SMILES string of the molecule is COc1cc2c(cc1OC)CN(C(=O)[C@@H]1C[C@@H](NCc3ccc(F)cc3F)CN1CC=Cc1ccccc1)CC2. The van der Waals surface area contributed by atoms with Crippen molar-refractivity contribution in [3.05, 3.63) is 101 Å². The van der Waals surface area contributed by atoms with E-state index in [1.54, 1.807) is 14.2 Å². The lowest BCUT2D eigenvalue weighted by atomic mass is 9.98. The third-order valence-electron chi connectivity index (χ3n) is 7.76. The molecule has 3 aromatic rings. The van der Waals surface area contributed by atoms with Crippen molar-refractivity contribution >= 4 is 12.0 Å². The van der Waals surface area contributed by atoms with E-state index < -0.39 is 11.6 Å². The molecule has 2 aliphatic rings. The molecule has 0 unspecified atom stereocenters. The van der Waals surface area contributed by atoms with Gasteiger partial charge in [-0.3, -0.25) is 9.69 Å². The van der Waals surface area contributed by atoms with Crippen LogP contribution in [0.4, 0.5) is 8.78 Å². The summed E-state index contributed by atoms with van der Waals surface area (Å²) in [7, 11) is 3.24. The van der Waals surface area contributed by atoms with Gasteiger partial charge in [0.25, 0.3) is 0 Å². The van der Waals surface area contributed by atoms with Gasteiger partial charge in [0.1, 0.15) is 11.6 Å². The van der Waals surface area contributed by atoms with Crippen LogP contribution in [0, 0.1) is 11.6 Å². The van der Waals surface area contributed by atoms with Gasteiger partial charge < -0.3 is 19.7 Å². The number of carbonyl (C=O) groups excluding carboxylic acids is 1. The lowest BCUT2D eigenvalue weighted by molar-refractivity contribution is -0.136. The van der Waals surface area contributed by atoms with Crippen molar-refractivity contribution in [2.75, 3.05) is 33.9 Å². The van der Waals surface area contributed by atoms with Gasteiger partial charge in [0, 0.05) is 50.4 Å². The van der Waals surface area contributed by atoms with E-state index in [4.69, 9.17) is 9.47 Å². The van der Waals surface area contributed by atoms with Crippen molar-refractivity contribution in [2.24, 2.45) is 0 Å². The number of carbonyl (C=O) groups is 1. The van der Waals surface area contributed by atoms with Crippen LogP contribution in [0.1, 0.15) is 28.7 Å². The summed E-state index contributed by atoms with van der Waals surface area (Å²) < 4.78 is 38.5. The molecule has 6 nitrogen and oxygen atoms in total. The Hall–Kier alpha value is -3.75. The molecule has 210 valence electrons. The van der Waals surface area contributed by atoms with Crippen LogP contribution < -0.4 is 14.8 Å². The molecule has 40 heavy (non-hydrogen) atoms. The summed E-state index contributed by atoms with van der Waals surface area (Å²) in [4.78, 5) is 18.0.